The number of hydrogen-bond donors (Lipinski definition) is 0. The van der Waals surface area contributed by atoms with Crippen molar-refractivity contribution in [2.75, 3.05) is 0 Å². The lowest BCUT2D eigenvalue weighted by Gasteiger charge is -2.13. The van der Waals surface area contributed by atoms with Crippen molar-refractivity contribution >= 4 is 39.4 Å². The number of nitrogens with zero attached hydrogens (tertiary/aromatic N) is 6. The van der Waals surface area contributed by atoms with Gasteiger partial charge in [0.05, 0.1) is 23.6 Å². The van der Waals surface area contributed by atoms with Crippen molar-refractivity contribution in [2.24, 2.45) is 5.10 Å². The van der Waals surface area contributed by atoms with E-state index in [-0.39, 0.29) is 5.56 Å². The summed E-state index contributed by atoms with van der Waals surface area (Å²) in [5, 5.41) is 5.12. The first-order valence-electron chi connectivity index (χ1n) is 11.7. The van der Waals surface area contributed by atoms with E-state index in [0.29, 0.717) is 28.7 Å². The van der Waals surface area contributed by atoms with E-state index < -0.39 is 0 Å². The van der Waals surface area contributed by atoms with Crippen LogP contribution in [-0.2, 0) is 6.54 Å². The molecule has 0 radical (unpaired) electrons. The van der Waals surface area contributed by atoms with E-state index in [1.54, 1.807) is 21.8 Å². The Hall–Kier alpha value is -4.13. The highest BCUT2D eigenvalue weighted by molar-refractivity contribution is 6.04. The van der Waals surface area contributed by atoms with Gasteiger partial charge < -0.3 is 0 Å². The van der Waals surface area contributed by atoms with Gasteiger partial charge in [0, 0.05) is 6.54 Å². The van der Waals surface area contributed by atoms with Crippen molar-refractivity contribution in [3.63, 3.8) is 0 Å². The molecule has 0 spiro atoms. The quantitative estimate of drug-likeness (QED) is 0.278. The lowest BCUT2D eigenvalue weighted by Crippen LogP contribution is -2.21. The van der Waals surface area contributed by atoms with Crippen molar-refractivity contribution in [1.29, 1.82) is 0 Å². The summed E-state index contributed by atoms with van der Waals surface area (Å²) in [5.41, 5.74) is 5.28. The van der Waals surface area contributed by atoms with Crippen LogP contribution < -0.4 is 5.56 Å². The third kappa shape index (κ3) is 3.69. The molecule has 5 aromatic rings. The van der Waals surface area contributed by atoms with Gasteiger partial charge in [-0.1, -0.05) is 54.1 Å². The molecular formula is C27H24N6O. The number of para-hydroxylation sites is 2. The third-order valence-electron chi connectivity index (χ3n) is 6.39. The van der Waals surface area contributed by atoms with Crippen molar-refractivity contribution < 1.29 is 0 Å². The molecule has 0 fully saturated rings. The Balaban J connectivity index is 1.52. The molecule has 0 N–H and O–H groups in total. The number of hydrogen-bond acceptors (Lipinski definition) is 5. The van der Waals surface area contributed by atoms with E-state index in [4.69, 9.17) is 9.97 Å². The fraction of sp³-hybridized carbons (Fsp3) is 0.222. The minimum Gasteiger partial charge on any atom is -0.298 e. The van der Waals surface area contributed by atoms with Gasteiger partial charge in [-0.05, 0) is 49.8 Å². The zero-order valence-electron chi connectivity index (χ0n) is 18.8. The summed E-state index contributed by atoms with van der Waals surface area (Å²) in [6, 6.07) is 17.5. The standard InChI is InChI=1S/C27H24N6O/c34-27-23-24-26(31-22-14-8-7-13-21(22)30-24)33(29-17-20-11-5-2-6-12-20)25(23)28-18-32(27)16-15-19-9-3-1-4-10-19/h2,5-9,11-14,17-18H,1,3-4,10,15-16H2/b29-17-. The van der Waals surface area contributed by atoms with Gasteiger partial charge in [0.15, 0.2) is 11.3 Å². The van der Waals surface area contributed by atoms with Gasteiger partial charge >= 0.3 is 0 Å². The zero-order chi connectivity index (χ0) is 22.9. The van der Waals surface area contributed by atoms with Crippen molar-refractivity contribution in [2.45, 2.75) is 38.6 Å². The molecular weight excluding hydrogens is 424 g/mol. The first-order chi connectivity index (χ1) is 16.8. The van der Waals surface area contributed by atoms with Crippen molar-refractivity contribution in [1.82, 2.24) is 24.2 Å². The predicted octanol–water partition coefficient (Wildman–Crippen LogP) is 5.07. The topological polar surface area (TPSA) is 78.0 Å². The summed E-state index contributed by atoms with van der Waals surface area (Å²) in [5.74, 6) is 0. The lowest BCUT2D eigenvalue weighted by atomic mass is 9.97. The summed E-state index contributed by atoms with van der Waals surface area (Å²) in [6.45, 7) is 0.606. The van der Waals surface area contributed by atoms with Crippen LogP contribution in [0.2, 0.25) is 0 Å². The van der Waals surface area contributed by atoms with E-state index in [1.807, 2.05) is 54.6 Å². The summed E-state index contributed by atoms with van der Waals surface area (Å²) < 4.78 is 3.33. The summed E-state index contributed by atoms with van der Waals surface area (Å²) >= 11 is 0. The highest BCUT2D eigenvalue weighted by Gasteiger charge is 2.19. The number of rotatable bonds is 5. The van der Waals surface area contributed by atoms with Crippen LogP contribution >= 0.6 is 0 Å². The van der Waals surface area contributed by atoms with Gasteiger partial charge in [0.2, 0.25) is 0 Å². The van der Waals surface area contributed by atoms with Crippen LogP contribution in [0, 0.1) is 0 Å². The number of benzene rings is 2. The van der Waals surface area contributed by atoms with Crippen molar-refractivity contribution in [3.8, 4) is 0 Å². The minimum atomic E-state index is -0.107. The first kappa shape index (κ1) is 20.5. The molecule has 168 valence electrons. The van der Waals surface area contributed by atoms with Gasteiger partial charge in [-0.15, -0.1) is 0 Å². The summed E-state index contributed by atoms with van der Waals surface area (Å²) in [4.78, 5) is 27.9. The molecule has 7 nitrogen and oxygen atoms in total. The Kier molecular flexibility index (Phi) is 5.22. The zero-order valence-corrected chi connectivity index (χ0v) is 18.8. The minimum absolute atomic E-state index is 0.107. The Morgan fingerprint density at radius 3 is 2.53 bits per heavy atom. The second-order valence-corrected chi connectivity index (χ2v) is 8.65. The maximum Gasteiger partial charge on any atom is 0.265 e. The number of aromatic nitrogens is 5. The Morgan fingerprint density at radius 2 is 1.74 bits per heavy atom. The normalized spacial score (nSPS) is 14.4. The Labute approximate surface area is 196 Å². The van der Waals surface area contributed by atoms with E-state index >= 15 is 0 Å². The fourth-order valence-corrected chi connectivity index (χ4v) is 4.58. The molecule has 2 aromatic carbocycles. The predicted molar refractivity (Wildman–Crippen MR) is 135 cm³/mol. The van der Waals surface area contributed by atoms with E-state index in [1.165, 1.54) is 18.4 Å². The van der Waals surface area contributed by atoms with Crippen molar-refractivity contribution in [3.05, 3.63) is 88.5 Å². The van der Waals surface area contributed by atoms with Crippen LogP contribution in [0.3, 0.4) is 0 Å². The van der Waals surface area contributed by atoms with Crippen LogP contribution in [0.15, 0.2) is 82.5 Å². The molecule has 0 amide bonds. The average Bonchev–Trinajstić information content (AvgIpc) is 3.20. The maximum atomic E-state index is 13.6. The number of fused-ring (bicyclic) bond motifs is 4. The maximum absolute atomic E-state index is 13.6. The molecule has 0 bridgehead atoms. The number of allylic oxidation sites excluding steroid dienone is 2. The van der Waals surface area contributed by atoms with Gasteiger partial charge in [-0.2, -0.15) is 9.78 Å². The summed E-state index contributed by atoms with van der Waals surface area (Å²) in [7, 11) is 0. The number of aryl methyl sites for hydroxylation is 1. The molecule has 1 aliphatic carbocycles. The molecule has 1 aliphatic rings. The van der Waals surface area contributed by atoms with Crippen LogP contribution in [0.5, 0.6) is 0 Å². The van der Waals surface area contributed by atoms with Crippen LogP contribution in [-0.4, -0.2) is 30.4 Å². The smallest absolute Gasteiger partial charge is 0.265 e. The van der Waals surface area contributed by atoms with Crippen LogP contribution in [0.1, 0.15) is 37.7 Å². The van der Waals surface area contributed by atoms with Gasteiger partial charge in [-0.25, -0.2) is 15.0 Å². The second-order valence-electron chi connectivity index (χ2n) is 8.65. The molecule has 0 saturated carbocycles. The van der Waals surface area contributed by atoms with E-state index in [9.17, 15) is 4.79 Å². The molecule has 0 saturated heterocycles. The molecule has 0 aliphatic heterocycles. The lowest BCUT2D eigenvalue weighted by molar-refractivity contribution is 0.610. The highest BCUT2D eigenvalue weighted by atomic mass is 16.1. The van der Waals surface area contributed by atoms with Gasteiger partial charge in [-0.3, -0.25) is 9.36 Å². The molecule has 6 rings (SSSR count). The van der Waals surface area contributed by atoms with Crippen LogP contribution in [0.25, 0.3) is 33.2 Å². The summed E-state index contributed by atoms with van der Waals surface area (Å²) in [6.07, 6.45) is 11.3. The first-order valence-corrected chi connectivity index (χ1v) is 11.7. The Morgan fingerprint density at radius 1 is 0.941 bits per heavy atom. The molecule has 3 aromatic heterocycles. The SMILES string of the molecule is O=c1c2c3nc4ccccc4nc3n(/N=C\c3ccccc3)c2ncn1CCC1=CCCCC1. The second kappa shape index (κ2) is 8.67. The molecule has 7 heteroatoms. The average molecular weight is 449 g/mol. The molecule has 34 heavy (non-hydrogen) atoms. The Bertz CT molecular complexity index is 1630. The van der Waals surface area contributed by atoms with Crippen LogP contribution in [0.4, 0.5) is 0 Å². The van der Waals surface area contributed by atoms with E-state index in [2.05, 4.69) is 16.2 Å². The highest BCUT2D eigenvalue weighted by Crippen LogP contribution is 2.25. The monoisotopic (exact) mass is 448 g/mol. The molecule has 0 atom stereocenters. The largest absolute Gasteiger partial charge is 0.298 e. The third-order valence-corrected chi connectivity index (χ3v) is 6.39. The van der Waals surface area contributed by atoms with Gasteiger partial charge in [0.1, 0.15) is 10.9 Å². The molecule has 3 heterocycles. The fourth-order valence-electron chi connectivity index (χ4n) is 4.58. The van der Waals surface area contributed by atoms with E-state index in [0.717, 1.165) is 35.9 Å². The van der Waals surface area contributed by atoms with Gasteiger partial charge in [0.25, 0.3) is 5.56 Å². The molecule has 0 unspecified atom stereocenters.